The molecule has 8 nitrogen and oxygen atoms in total. The lowest BCUT2D eigenvalue weighted by molar-refractivity contribution is -0.135. The van der Waals surface area contributed by atoms with Gasteiger partial charge in [0.2, 0.25) is 5.91 Å². The molecule has 9 heteroatoms. The second-order valence-electron chi connectivity index (χ2n) is 10.1. The fraction of sp³-hybridized carbons (Fsp3) is 0.913. The van der Waals surface area contributed by atoms with Gasteiger partial charge in [0, 0.05) is 71.6 Å². The van der Waals surface area contributed by atoms with Crippen LogP contribution < -0.4 is 5.32 Å². The molecule has 0 bridgehead atoms. The van der Waals surface area contributed by atoms with Gasteiger partial charge < -0.3 is 24.8 Å². The number of aliphatic imine (C=N–C) groups is 1. The fourth-order valence-corrected chi connectivity index (χ4v) is 5.38. The van der Waals surface area contributed by atoms with Crippen LogP contribution in [0.25, 0.3) is 0 Å². The Morgan fingerprint density at radius 1 is 1.06 bits per heavy atom. The molecule has 0 radical (unpaired) electrons. The third-order valence-electron chi connectivity index (χ3n) is 7.41. The molecule has 3 saturated heterocycles. The Bertz CT molecular complexity index is 608. The number of rotatable bonds is 5. The highest BCUT2D eigenvalue weighted by Gasteiger charge is 2.35. The van der Waals surface area contributed by atoms with Crippen molar-refractivity contribution in [1.82, 2.24) is 24.9 Å². The summed E-state index contributed by atoms with van der Waals surface area (Å²) in [6.07, 6.45) is 3.30. The van der Waals surface area contributed by atoms with E-state index in [1.165, 1.54) is 6.42 Å². The van der Waals surface area contributed by atoms with Crippen LogP contribution in [0.15, 0.2) is 4.99 Å². The van der Waals surface area contributed by atoms with Gasteiger partial charge in [0.15, 0.2) is 5.96 Å². The average Bonchev–Trinajstić information content (AvgIpc) is 2.75. The Kier molecular flexibility index (Phi) is 11.0. The third kappa shape index (κ3) is 7.17. The summed E-state index contributed by atoms with van der Waals surface area (Å²) >= 11 is 0. The van der Waals surface area contributed by atoms with E-state index in [0.717, 1.165) is 77.8 Å². The van der Waals surface area contributed by atoms with Crippen LogP contribution in [0.1, 0.15) is 33.1 Å². The smallest absolute Gasteiger partial charge is 0.236 e. The number of ether oxygens (including phenoxy) is 1. The molecule has 0 aliphatic carbocycles. The Morgan fingerprint density at radius 3 is 2.19 bits per heavy atom. The molecule has 3 rings (SSSR count). The van der Waals surface area contributed by atoms with E-state index in [-0.39, 0.29) is 29.5 Å². The molecule has 3 fully saturated rings. The molecule has 3 heterocycles. The summed E-state index contributed by atoms with van der Waals surface area (Å²) in [6.45, 7) is 13.0. The number of carbonyl (C=O) groups excluding carboxylic acids is 1. The van der Waals surface area contributed by atoms with Gasteiger partial charge in [0.25, 0.3) is 0 Å². The van der Waals surface area contributed by atoms with E-state index in [9.17, 15) is 4.79 Å². The SMILES string of the molecule is CN=C(NCC1(N(C)C)CCOCC1)N1CCN(CC(=O)N2CC(C)CC(C)C2)CC1.I. The summed E-state index contributed by atoms with van der Waals surface area (Å²) in [5, 5.41) is 3.63. The van der Waals surface area contributed by atoms with Crippen LogP contribution in [0.2, 0.25) is 0 Å². The van der Waals surface area contributed by atoms with Crippen LogP contribution in [0.4, 0.5) is 0 Å². The Balaban J connectivity index is 0.00000363. The number of halogens is 1. The van der Waals surface area contributed by atoms with Gasteiger partial charge in [-0.05, 0) is 45.2 Å². The number of hydrogen-bond acceptors (Lipinski definition) is 5. The van der Waals surface area contributed by atoms with E-state index < -0.39 is 0 Å². The third-order valence-corrected chi connectivity index (χ3v) is 7.41. The van der Waals surface area contributed by atoms with Crippen LogP contribution in [-0.4, -0.2) is 124 Å². The van der Waals surface area contributed by atoms with Crippen LogP contribution in [-0.2, 0) is 9.53 Å². The van der Waals surface area contributed by atoms with Crippen LogP contribution in [0, 0.1) is 11.8 Å². The molecule has 0 aromatic rings. The molecule has 0 spiro atoms. The minimum absolute atomic E-state index is 0. The molecule has 1 N–H and O–H groups in total. The van der Waals surface area contributed by atoms with Gasteiger partial charge in [-0.25, -0.2) is 0 Å². The first kappa shape index (κ1) is 27.6. The minimum atomic E-state index is 0. The van der Waals surface area contributed by atoms with Gasteiger partial charge in [-0.3, -0.25) is 14.7 Å². The first-order valence-corrected chi connectivity index (χ1v) is 12.0. The average molecular weight is 565 g/mol. The van der Waals surface area contributed by atoms with Crippen molar-refractivity contribution in [3.8, 4) is 0 Å². The number of piperidine rings is 1. The molecule has 1 amide bonds. The maximum Gasteiger partial charge on any atom is 0.236 e. The summed E-state index contributed by atoms with van der Waals surface area (Å²) in [7, 11) is 6.19. The summed E-state index contributed by atoms with van der Waals surface area (Å²) in [5.41, 5.74) is 0.116. The predicted octanol–water partition coefficient (Wildman–Crippen LogP) is 1.41. The lowest BCUT2D eigenvalue weighted by Gasteiger charge is -2.44. The zero-order valence-corrected chi connectivity index (χ0v) is 23.1. The molecule has 186 valence electrons. The highest BCUT2D eigenvalue weighted by molar-refractivity contribution is 14.0. The molecule has 3 aliphatic rings. The maximum atomic E-state index is 12.8. The van der Waals surface area contributed by atoms with Crippen LogP contribution in [0.5, 0.6) is 0 Å². The Labute approximate surface area is 212 Å². The Hall–Kier alpha value is -0.650. The number of carbonyl (C=O) groups is 1. The number of guanidine groups is 1. The number of amides is 1. The largest absolute Gasteiger partial charge is 0.381 e. The van der Waals surface area contributed by atoms with E-state index in [1.54, 1.807) is 0 Å². The number of nitrogens with zero attached hydrogens (tertiary/aromatic N) is 5. The number of likely N-dealkylation sites (N-methyl/N-ethyl adjacent to an activating group) is 1. The number of piperazine rings is 1. The molecule has 32 heavy (non-hydrogen) atoms. The van der Waals surface area contributed by atoms with Crippen molar-refractivity contribution in [2.45, 2.75) is 38.6 Å². The van der Waals surface area contributed by atoms with Crippen LogP contribution in [0.3, 0.4) is 0 Å². The van der Waals surface area contributed by atoms with E-state index >= 15 is 0 Å². The zero-order chi connectivity index (χ0) is 22.4. The maximum absolute atomic E-state index is 12.8. The molecular weight excluding hydrogens is 519 g/mol. The molecule has 0 aromatic heterocycles. The quantitative estimate of drug-likeness (QED) is 0.310. The van der Waals surface area contributed by atoms with Crippen molar-refractivity contribution in [2.75, 3.05) is 86.7 Å². The highest BCUT2D eigenvalue weighted by Crippen LogP contribution is 2.25. The lowest BCUT2D eigenvalue weighted by Crippen LogP contribution is -2.59. The van der Waals surface area contributed by atoms with Crippen molar-refractivity contribution in [2.24, 2.45) is 16.8 Å². The summed E-state index contributed by atoms with van der Waals surface area (Å²) in [5.74, 6) is 2.49. The number of likely N-dealkylation sites (tertiary alicyclic amines) is 1. The molecule has 0 aromatic carbocycles. The van der Waals surface area contributed by atoms with Crippen molar-refractivity contribution in [1.29, 1.82) is 0 Å². The van der Waals surface area contributed by atoms with Gasteiger partial charge in [-0.2, -0.15) is 0 Å². The second-order valence-corrected chi connectivity index (χ2v) is 10.1. The molecule has 2 unspecified atom stereocenters. The van der Waals surface area contributed by atoms with Gasteiger partial charge in [0.1, 0.15) is 0 Å². The second kappa shape index (κ2) is 12.7. The molecule has 0 saturated carbocycles. The van der Waals surface area contributed by atoms with Gasteiger partial charge in [0.05, 0.1) is 6.54 Å². The van der Waals surface area contributed by atoms with Crippen molar-refractivity contribution < 1.29 is 9.53 Å². The summed E-state index contributed by atoms with van der Waals surface area (Å²) < 4.78 is 5.59. The highest BCUT2D eigenvalue weighted by atomic mass is 127. The number of nitrogens with one attached hydrogen (secondary N) is 1. The standard InChI is InChI=1S/C23H44N6O2.HI/c1-19-14-20(2)16-29(15-19)21(30)17-27-8-10-28(11-9-27)22(24-3)25-18-23(26(4)5)6-12-31-13-7-23;/h19-20H,6-18H2,1-5H3,(H,24,25);1H. The molecule has 3 aliphatic heterocycles. The minimum Gasteiger partial charge on any atom is -0.381 e. The van der Waals surface area contributed by atoms with Gasteiger partial charge >= 0.3 is 0 Å². The van der Waals surface area contributed by atoms with E-state index in [4.69, 9.17) is 4.74 Å². The zero-order valence-electron chi connectivity index (χ0n) is 20.8. The van der Waals surface area contributed by atoms with Gasteiger partial charge in [-0.1, -0.05) is 13.8 Å². The fourth-order valence-electron chi connectivity index (χ4n) is 5.38. The molecule has 2 atom stereocenters. The monoisotopic (exact) mass is 564 g/mol. The summed E-state index contributed by atoms with van der Waals surface area (Å²) in [6, 6.07) is 0. The Morgan fingerprint density at radius 2 is 1.66 bits per heavy atom. The first-order chi connectivity index (χ1) is 14.8. The number of hydrogen-bond donors (Lipinski definition) is 1. The van der Waals surface area contributed by atoms with Crippen molar-refractivity contribution in [3.63, 3.8) is 0 Å². The van der Waals surface area contributed by atoms with Crippen LogP contribution >= 0.6 is 24.0 Å². The van der Waals surface area contributed by atoms with E-state index in [2.05, 4.69) is 57.9 Å². The first-order valence-electron chi connectivity index (χ1n) is 12.0. The predicted molar refractivity (Wildman–Crippen MR) is 141 cm³/mol. The van der Waals surface area contributed by atoms with Crippen molar-refractivity contribution in [3.05, 3.63) is 0 Å². The molecular formula is C23H45IN6O2. The normalized spacial score (nSPS) is 27.2. The van der Waals surface area contributed by atoms with E-state index in [0.29, 0.717) is 24.3 Å². The van der Waals surface area contributed by atoms with Gasteiger partial charge in [-0.15, -0.1) is 24.0 Å². The van der Waals surface area contributed by atoms with E-state index in [1.807, 2.05) is 7.05 Å². The lowest BCUT2D eigenvalue weighted by atomic mass is 9.88. The topological polar surface area (TPSA) is 63.7 Å². The summed E-state index contributed by atoms with van der Waals surface area (Å²) in [4.78, 5) is 26.4. The van der Waals surface area contributed by atoms with Crippen molar-refractivity contribution >= 4 is 35.8 Å².